The number of hydrogen-bond donors (Lipinski definition) is 1. The van der Waals surface area contributed by atoms with Crippen LogP contribution in [-0.4, -0.2) is 49.5 Å². The first-order chi connectivity index (χ1) is 8.65. The molecule has 0 bridgehead atoms. The zero-order valence-corrected chi connectivity index (χ0v) is 12.1. The Kier molecular flexibility index (Phi) is 4.78. The molecule has 0 spiro atoms. The van der Waals surface area contributed by atoms with E-state index in [1.54, 1.807) is 0 Å². The second-order valence-corrected chi connectivity index (χ2v) is 6.54. The lowest BCUT2D eigenvalue weighted by Crippen LogP contribution is -2.43. The number of thiophene rings is 1. The van der Waals surface area contributed by atoms with Gasteiger partial charge in [-0.1, -0.05) is 6.07 Å². The highest BCUT2D eigenvalue weighted by atomic mass is 32.1. The lowest BCUT2D eigenvalue weighted by Gasteiger charge is -2.34. The van der Waals surface area contributed by atoms with Crippen molar-refractivity contribution in [3.05, 3.63) is 22.4 Å². The fraction of sp³-hybridized carbons (Fsp3) is 0.714. The van der Waals surface area contributed by atoms with E-state index >= 15 is 0 Å². The molecule has 0 aliphatic carbocycles. The Balaban J connectivity index is 1.88. The van der Waals surface area contributed by atoms with Crippen molar-refractivity contribution in [1.29, 1.82) is 0 Å². The zero-order chi connectivity index (χ0) is 13.0. The van der Waals surface area contributed by atoms with Gasteiger partial charge in [-0.3, -0.25) is 0 Å². The smallest absolute Gasteiger partial charge is 0.0557 e. The number of aliphatic hydroxyl groups is 1. The molecule has 0 saturated carbocycles. The van der Waals surface area contributed by atoms with Crippen molar-refractivity contribution in [3.63, 3.8) is 0 Å². The van der Waals surface area contributed by atoms with Gasteiger partial charge in [0.2, 0.25) is 0 Å². The molecule has 1 fully saturated rings. The number of hydrogen-bond acceptors (Lipinski definition) is 4. The number of aliphatic hydroxyl groups excluding tert-OH is 1. The first-order valence-corrected chi connectivity index (χ1v) is 7.44. The fourth-order valence-corrected chi connectivity index (χ4v) is 3.34. The van der Waals surface area contributed by atoms with Crippen LogP contribution in [-0.2, 0) is 11.2 Å². The van der Waals surface area contributed by atoms with Gasteiger partial charge in [0, 0.05) is 29.5 Å². The van der Waals surface area contributed by atoms with Gasteiger partial charge in [0.1, 0.15) is 0 Å². The van der Waals surface area contributed by atoms with Gasteiger partial charge in [-0.05, 0) is 38.3 Å². The number of rotatable bonds is 6. The summed E-state index contributed by atoms with van der Waals surface area (Å²) in [6.07, 6.45) is 2.05. The second-order valence-electron chi connectivity index (χ2n) is 5.51. The van der Waals surface area contributed by atoms with E-state index in [1.165, 1.54) is 4.88 Å². The van der Waals surface area contributed by atoms with Gasteiger partial charge in [0.15, 0.2) is 0 Å². The third-order valence-electron chi connectivity index (χ3n) is 3.93. The molecule has 4 heteroatoms. The minimum absolute atomic E-state index is 0.0432. The van der Waals surface area contributed by atoms with Crippen LogP contribution in [0, 0.1) is 5.41 Å². The minimum Gasteiger partial charge on any atom is -0.396 e. The predicted molar refractivity (Wildman–Crippen MR) is 75.1 cm³/mol. The molecule has 1 aliphatic heterocycles. The van der Waals surface area contributed by atoms with E-state index in [0.717, 1.165) is 26.0 Å². The summed E-state index contributed by atoms with van der Waals surface area (Å²) in [5.41, 5.74) is -0.0432. The topological polar surface area (TPSA) is 32.7 Å². The van der Waals surface area contributed by atoms with Gasteiger partial charge in [-0.2, -0.15) is 0 Å². The average Bonchev–Trinajstić information content (AvgIpc) is 3.01. The van der Waals surface area contributed by atoms with Crippen molar-refractivity contribution in [1.82, 2.24) is 4.90 Å². The summed E-state index contributed by atoms with van der Waals surface area (Å²) < 4.78 is 5.45. The van der Waals surface area contributed by atoms with Crippen LogP contribution in [0.3, 0.4) is 0 Å². The van der Waals surface area contributed by atoms with Gasteiger partial charge in [0.05, 0.1) is 13.2 Å². The molecule has 2 rings (SSSR count). The maximum absolute atomic E-state index is 9.60. The Morgan fingerprint density at radius 1 is 1.61 bits per heavy atom. The molecule has 2 unspecified atom stereocenters. The summed E-state index contributed by atoms with van der Waals surface area (Å²) in [6, 6.07) is 4.79. The van der Waals surface area contributed by atoms with Crippen molar-refractivity contribution >= 4 is 11.3 Å². The highest BCUT2D eigenvalue weighted by Gasteiger charge is 2.36. The van der Waals surface area contributed by atoms with E-state index in [9.17, 15) is 5.11 Å². The maximum atomic E-state index is 9.60. The molecule has 18 heavy (non-hydrogen) atoms. The van der Waals surface area contributed by atoms with Crippen LogP contribution < -0.4 is 0 Å². The van der Waals surface area contributed by atoms with Crippen LogP contribution >= 0.6 is 11.3 Å². The molecule has 1 aromatic heterocycles. The van der Waals surface area contributed by atoms with Crippen LogP contribution in [0.4, 0.5) is 0 Å². The first kappa shape index (κ1) is 14.0. The van der Waals surface area contributed by atoms with Gasteiger partial charge >= 0.3 is 0 Å². The summed E-state index contributed by atoms with van der Waals surface area (Å²) in [7, 11) is 2.15. The van der Waals surface area contributed by atoms with Crippen molar-refractivity contribution in [2.24, 2.45) is 5.41 Å². The Bertz CT molecular complexity index is 347. The summed E-state index contributed by atoms with van der Waals surface area (Å²) in [5.74, 6) is 0. The lowest BCUT2D eigenvalue weighted by molar-refractivity contribution is 0.0542. The zero-order valence-electron chi connectivity index (χ0n) is 11.3. The van der Waals surface area contributed by atoms with Crippen LogP contribution in [0.2, 0.25) is 0 Å². The third-order valence-corrected chi connectivity index (χ3v) is 4.83. The number of likely N-dealkylation sites (N-methyl/N-ethyl adjacent to an activating group) is 1. The van der Waals surface area contributed by atoms with E-state index in [-0.39, 0.29) is 12.0 Å². The molecule has 0 amide bonds. The average molecular weight is 269 g/mol. The Hall–Kier alpha value is -0.420. The maximum Gasteiger partial charge on any atom is 0.0557 e. The molecule has 1 N–H and O–H groups in total. The fourth-order valence-electron chi connectivity index (χ4n) is 2.51. The number of nitrogens with zero attached hydrogens (tertiary/aromatic N) is 1. The molecule has 2 heterocycles. The lowest BCUT2D eigenvalue weighted by atomic mass is 9.87. The molecule has 1 aliphatic rings. The molecular formula is C14H23NO2S. The van der Waals surface area contributed by atoms with Crippen LogP contribution in [0.15, 0.2) is 17.5 Å². The second kappa shape index (κ2) is 6.15. The quantitative estimate of drug-likeness (QED) is 0.857. The van der Waals surface area contributed by atoms with Gasteiger partial charge < -0.3 is 14.7 Å². The Morgan fingerprint density at radius 2 is 2.44 bits per heavy atom. The van der Waals surface area contributed by atoms with Crippen LogP contribution in [0.25, 0.3) is 0 Å². The predicted octanol–water partition coefficient (Wildman–Crippen LogP) is 2.01. The van der Waals surface area contributed by atoms with E-state index in [1.807, 2.05) is 11.3 Å². The van der Waals surface area contributed by atoms with Gasteiger partial charge in [0.25, 0.3) is 0 Å². The molecule has 102 valence electrons. The molecular weight excluding hydrogens is 246 g/mol. The molecule has 1 aromatic rings. The normalized spacial score (nSPS) is 25.8. The summed E-state index contributed by atoms with van der Waals surface area (Å²) in [6.45, 7) is 4.87. The highest BCUT2D eigenvalue weighted by Crippen LogP contribution is 2.29. The van der Waals surface area contributed by atoms with Crippen LogP contribution in [0.5, 0.6) is 0 Å². The Morgan fingerprint density at radius 3 is 3.00 bits per heavy atom. The van der Waals surface area contributed by atoms with E-state index in [4.69, 9.17) is 4.74 Å². The third kappa shape index (κ3) is 3.32. The molecule has 0 aromatic carbocycles. The van der Waals surface area contributed by atoms with E-state index < -0.39 is 0 Å². The molecule has 0 radical (unpaired) electrons. The van der Waals surface area contributed by atoms with Gasteiger partial charge in [-0.15, -0.1) is 11.3 Å². The van der Waals surface area contributed by atoms with Gasteiger partial charge in [-0.25, -0.2) is 0 Å². The highest BCUT2D eigenvalue weighted by molar-refractivity contribution is 7.09. The number of ether oxygens (including phenoxy) is 1. The largest absolute Gasteiger partial charge is 0.396 e. The Labute approximate surface area is 113 Å². The monoisotopic (exact) mass is 269 g/mol. The van der Waals surface area contributed by atoms with Crippen LogP contribution in [0.1, 0.15) is 18.2 Å². The summed E-state index contributed by atoms with van der Waals surface area (Å²) >= 11 is 1.82. The summed E-state index contributed by atoms with van der Waals surface area (Å²) in [4.78, 5) is 3.78. The summed E-state index contributed by atoms with van der Waals surface area (Å²) in [5, 5.41) is 11.7. The standard InChI is InChI=1S/C14H23NO2S/c1-12(8-13-4-3-7-18-13)15(2)9-14(10-16)5-6-17-11-14/h3-4,7,12,16H,5-6,8-11H2,1-2H3. The van der Waals surface area contributed by atoms with Crippen molar-refractivity contribution in [3.8, 4) is 0 Å². The first-order valence-electron chi connectivity index (χ1n) is 6.56. The van der Waals surface area contributed by atoms with E-state index in [0.29, 0.717) is 12.6 Å². The molecule has 3 nitrogen and oxygen atoms in total. The van der Waals surface area contributed by atoms with E-state index in [2.05, 4.69) is 36.4 Å². The van der Waals surface area contributed by atoms with Crippen molar-refractivity contribution < 1.29 is 9.84 Å². The van der Waals surface area contributed by atoms with Crippen molar-refractivity contribution in [2.75, 3.05) is 33.4 Å². The van der Waals surface area contributed by atoms with Crippen molar-refractivity contribution in [2.45, 2.75) is 25.8 Å². The SMILES string of the molecule is CC(Cc1cccs1)N(C)CC1(CO)CCOC1. The molecule has 2 atom stereocenters. The minimum atomic E-state index is -0.0432. The molecule has 1 saturated heterocycles.